The second-order valence-electron chi connectivity index (χ2n) is 12.9. The molecule has 0 aromatic rings. The molecule has 3 rings (SSSR count). The van der Waals surface area contributed by atoms with Gasteiger partial charge in [0.05, 0.1) is 0 Å². The fourth-order valence-electron chi connectivity index (χ4n) is 6.67. The Morgan fingerprint density at radius 2 is 1.81 bits per heavy atom. The molecule has 0 heterocycles. The molecular weight excluding hydrogens is 396 g/mol. The summed E-state index contributed by atoms with van der Waals surface area (Å²) in [5, 5.41) is 10.1. The maximum atomic E-state index is 9.79. The van der Waals surface area contributed by atoms with Gasteiger partial charge in [-0.2, -0.15) is 0 Å². The molecule has 0 unspecified atom stereocenters. The normalized spacial score (nSPS) is 38.5. The number of hydrogen-bond donors (Lipinski definition) is 1. The minimum absolute atomic E-state index is 0.277. The maximum absolute atomic E-state index is 9.79. The predicted molar refractivity (Wildman–Crippen MR) is 136 cm³/mol. The molecule has 0 amide bonds. The van der Waals surface area contributed by atoms with Crippen LogP contribution in [-0.2, 0) is 4.43 Å². The number of aliphatic hydroxyl groups excluding tert-OH is 1. The standard InChI is InChI=1S/C28H50O2Si/c1-20-11-14-24(30-31(7,8)27(3,4)5)18-23(20)13-12-22-10-9-17-28(6)25(21(2)19-29)15-16-26(22)28/h12-13,20-21,24-26,29H,9-11,14-19H2,1-8H3/t20-,21-,24-,25+,26-,28+/m0/s1. The maximum Gasteiger partial charge on any atom is 0.192 e. The molecule has 3 saturated carbocycles. The zero-order valence-electron chi connectivity index (χ0n) is 21.8. The monoisotopic (exact) mass is 446 g/mol. The van der Waals surface area contributed by atoms with E-state index in [0.29, 0.717) is 35.9 Å². The molecule has 0 radical (unpaired) electrons. The van der Waals surface area contributed by atoms with Gasteiger partial charge in [0, 0.05) is 12.7 Å². The highest BCUT2D eigenvalue weighted by molar-refractivity contribution is 6.74. The van der Waals surface area contributed by atoms with E-state index in [0.717, 1.165) is 12.3 Å². The Bertz CT molecular complexity index is 686. The van der Waals surface area contributed by atoms with Crippen molar-refractivity contribution in [1.82, 2.24) is 0 Å². The highest BCUT2D eigenvalue weighted by Gasteiger charge is 2.50. The van der Waals surface area contributed by atoms with E-state index < -0.39 is 8.32 Å². The minimum Gasteiger partial charge on any atom is -0.414 e. The van der Waals surface area contributed by atoms with Crippen molar-refractivity contribution in [3.8, 4) is 0 Å². The first-order chi connectivity index (χ1) is 14.4. The van der Waals surface area contributed by atoms with Crippen LogP contribution in [-0.4, -0.2) is 26.1 Å². The van der Waals surface area contributed by atoms with E-state index in [1.807, 2.05) is 0 Å². The molecule has 6 atom stereocenters. The van der Waals surface area contributed by atoms with E-state index in [1.54, 1.807) is 11.1 Å². The van der Waals surface area contributed by atoms with Crippen molar-refractivity contribution in [2.45, 2.75) is 117 Å². The van der Waals surface area contributed by atoms with Crippen LogP contribution in [0.3, 0.4) is 0 Å². The molecule has 0 bridgehead atoms. The first kappa shape index (κ1) is 25.2. The lowest BCUT2D eigenvalue weighted by atomic mass is 9.61. The van der Waals surface area contributed by atoms with Gasteiger partial charge in [-0.1, -0.05) is 64.8 Å². The van der Waals surface area contributed by atoms with Gasteiger partial charge in [-0.05, 0) is 98.6 Å². The summed E-state index contributed by atoms with van der Waals surface area (Å²) >= 11 is 0. The second kappa shape index (κ2) is 9.47. The summed E-state index contributed by atoms with van der Waals surface area (Å²) in [4.78, 5) is 0. The van der Waals surface area contributed by atoms with Crippen LogP contribution in [0.25, 0.3) is 0 Å². The van der Waals surface area contributed by atoms with Gasteiger partial charge >= 0.3 is 0 Å². The lowest BCUT2D eigenvalue weighted by molar-refractivity contribution is 0.0690. The van der Waals surface area contributed by atoms with Crippen LogP contribution in [0.1, 0.15) is 92.9 Å². The summed E-state index contributed by atoms with van der Waals surface area (Å²) < 4.78 is 6.81. The first-order valence-corrected chi connectivity index (χ1v) is 16.0. The average Bonchev–Trinajstić information content (AvgIpc) is 3.04. The van der Waals surface area contributed by atoms with E-state index in [1.165, 1.54) is 44.9 Å². The summed E-state index contributed by atoms with van der Waals surface area (Å²) in [6.45, 7) is 19.3. The van der Waals surface area contributed by atoms with Gasteiger partial charge in [-0.15, -0.1) is 0 Å². The van der Waals surface area contributed by atoms with Gasteiger partial charge in [0.2, 0.25) is 0 Å². The van der Waals surface area contributed by atoms with Crippen molar-refractivity contribution < 1.29 is 9.53 Å². The van der Waals surface area contributed by atoms with Gasteiger partial charge in [-0.25, -0.2) is 0 Å². The SMILES string of the molecule is C[C@H]1CC[C@H](O[Si](C)(C)C(C)(C)C)CC1=CC=C1CCC[C@]2(C)[C@@H]([C@@H](C)CO)CC[C@@H]12. The molecule has 3 fully saturated rings. The molecule has 3 heteroatoms. The Balaban J connectivity index is 1.74. The molecule has 2 nitrogen and oxygen atoms in total. The van der Waals surface area contributed by atoms with Crippen LogP contribution in [0.5, 0.6) is 0 Å². The summed E-state index contributed by atoms with van der Waals surface area (Å²) in [5.41, 5.74) is 3.68. The van der Waals surface area contributed by atoms with Crippen molar-refractivity contribution in [2.24, 2.45) is 29.1 Å². The van der Waals surface area contributed by atoms with E-state index >= 15 is 0 Å². The summed E-state index contributed by atoms with van der Waals surface area (Å²) in [6, 6.07) is 0. The number of rotatable bonds is 5. The fraction of sp³-hybridized carbons (Fsp3) is 0.857. The highest BCUT2D eigenvalue weighted by atomic mass is 28.4. The Hall–Kier alpha value is -0.383. The summed E-state index contributed by atoms with van der Waals surface area (Å²) in [7, 11) is -1.71. The molecule has 3 aliphatic rings. The first-order valence-electron chi connectivity index (χ1n) is 13.1. The number of allylic oxidation sites excluding steroid dienone is 3. The summed E-state index contributed by atoms with van der Waals surface area (Å²) in [6.07, 6.45) is 15.5. The van der Waals surface area contributed by atoms with Crippen molar-refractivity contribution in [3.63, 3.8) is 0 Å². The highest BCUT2D eigenvalue weighted by Crippen LogP contribution is 2.59. The van der Waals surface area contributed by atoms with E-state index in [4.69, 9.17) is 4.43 Å². The van der Waals surface area contributed by atoms with E-state index in [-0.39, 0.29) is 5.04 Å². The minimum atomic E-state index is -1.71. The molecule has 3 aliphatic carbocycles. The van der Waals surface area contributed by atoms with Crippen molar-refractivity contribution in [3.05, 3.63) is 23.3 Å². The molecular formula is C28H50O2Si. The molecule has 178 valence electrons. The molecule has 31 heavy (non-hydrogen) atoms. The van der Waals surface area contributed by atoms with Crippen molar-refractivity contribution in [2.75, 3.05) is 6.61 Å². The van der Waals surface area contributed by atoms with Crippen LogP contribution in [0, 0.1) is 29.1 Å². The Kier molecular flexibility index (Phi) is 7.71. The third-order valence-corrected chi connectivity index (χ3v) is 14.3. The second-order valence-corrected chi connectivity index (χ2v) is 17.7. The topological polar surface area (TPSA) is 29.5 Å². The largest absolute Gasteiger partial charge is 0.414 e. The zero-order chi connectivity index (χ0) is 23.0. The molecule has 0 aliphatic heterocycles. The third kappa shape index (κ3) is 5.25. The van der Waals surface area contributed by atoms with Crippen LogP contribution < -0.4 is 0 Å². The number of aliphatic hydroxyl groups is 1. The quantitative estimate of drug-likeness (QED) is 0.435. The Labute approximate surface area is 194 Å². The third-order valence-electron chi connectivity index (χ3n) is 9.81. The van der Waals surface area contributed by atoms with Crippen molar-refractivity contribution >= 4 is 8.32 Å². The van der Waals surface area contributed by atoms with Crippen LogP contribution in [0.15, 0.2) is 23.3 Å². The Morgan fingerprint density at radius 1 is 1.13 bits per heavy atom. The van der Waals surface area contributed by atoms with Gasteiger partial charge in [0.15, 0.2) is 8.32 Å². The molecule has 0 aromatic carbocycles. The number of fused-ring (bicyclic) bond motifs is 1. The lowest BCUT2D eigenvalue weighted by Crippen LogP contribution is -2.44. The van der Waals surface area contributed by atoms with Gasteiger partial charge in [-0.3, -0.25) is 0 Å². The molecule has 0 aromatic heterocycles. The molecule has 0 spiro atoms. The Morgan fingerprint density at radius 3 is 2.45 bits per heavy atom. The van der Waals surface area contributed by atoms with Crippen molar-refractivity contribution in [1.29, 1.82) is 0 Å². The molecule has 1 N–H and O–H groups in total. The van der Waals surface area contributed by atoms with Crippen LogP contribution in [0.2, 0.25) is 18.1 Å². The van der Waals surface area contributed by atoms with Crippen LogP contribution in [0.4, 0.5) is 0 Å². The predicted octanol–water partition coefficient (Wildman–Crippen LogP) is 7.89. The number of hydrogen-bond acceptors (Lipinski definition) is 2. The lowest BCUT2D eigenvalue weighted by Gasteiger charge is -2.44. The van der Waals surface area contributed by atoms with E-state index in [2.05, 4.69) is 66.8 Å². The van der Waals surface area contributed by atoms with E-state index in [9.17, 15) is 5.11 Å². The zero-order valence-corrected chi connectivity index (χ0v) is 22.8. The summed E-state index contributed by atoms with van der Waals surface area (Å²) in [5.74, 6) is 2.50. The average molecular weight is 447 g/mol. The van der Waals surface area contributed by atoms with Gasteiger partial charge in [0.25, 0.3) is 0 Å². The smallest absolute Gasteiger partial charge is 0.192 e. The fourth-order valence-corrected chi connectivity index (χ4v) is 8.06. The van der Waals surface area contributed by atoms with Gasteiger partial charge < -0.3 is 9.53 Å². The van der Waals surface area contributed by atoms with Crippen LogP contribution >= 0.6 is 0 Å². The molecule has 0 saturated heterocycles. The van der Waals surface area contributed by atoms with Gasteiger partial charge in [0.1, 0.15) is 0 Å².